The van der Waals surface area contributed by atoms with Crippen LogP contribution in [0.4, 0.5) is 4.39 Å². The van der Waals surface area contributed by atoms with Crippen LogP contribution in [0.25, 0.3) is 10.9 Å². The largest absolute Gasteiger partial charge is 0.252 e. The van der Waals surface area contributed by atoms with Crippen LogP contribution in [0.5, 0.6) is 0 Å². The van der Waals surface area contributed by atoms with Gasteiger partial charge in [0.25, 0.3) is 0 Å². The van der Waals surface area contributed by atoms with Crippen LogP contribution in [0.3, 0.4) is 0 Å². The molecule has 0 atom stereocenters. The van der Waals surface area contributed by atoms with E-state index in [0.717, 1.165) is 16.6 Å². The van der Waals surface area contributed by atoms with Gasteiger partial charge in [-0.3, -0.25) is 4.98 Å². The number of nitrogens with zero attached hydrogens (tertiary/aromatic N) is 1. The Morgan fingerprint density at radius 1 is 0.810 bits per heavy atom. The average molecular weight is 287 g/mol. The van der Waals surface area contributed by atoms with Crippen LogP contribution in [0.2, 0.25) is 0 Å². The van der Waals surface area contributed by atoms with Gasteiger partial charge < -0.3 is 0 Å². The topological polar surface area (TPSA) is 12.9 Å². The van der Waals surface area contributed by atoms with Crippen molar-refractivity contribution in [3.05, 3.63) is 41.8 Å². The van der Waals surface area contributed by atoms with Crippen molar-refractivity contribution < 1.29 is 4.39 Å². The van der Waals surface area contributed by atoms with Crippen molar-refractivity contribution >= 4 is 10.9 Å². The van der Waals surface area contributed by atoms with Gasteiger partial charge in [-0.25, -0.2) is 4.39 Å². The monoisotopic (exact) mass is 287 g/mol. The molecule has 0 saturated heterocycles. The zero-order valence-corrected chi connectivity index (χ0v) is 14.2. The van der Waals surface area contributed by atoms with Crippen molar-refractivity contribution in [2.75, 3.05) is 0 Å². The van der Waals surface area contributed by atoms with Crippen molar-refractivity contribution in [1.82, 2.24) is 4.98 Å². The first-order valence-corrected chi connectivity index (χ1v) is 7.53. The van der Waals surface area contributed by atoms with E-state index >= 15 is 0 Å². The molecule has 21 heavy (non-hydrogen) atoms. The van der Waals surface area contributed by atoms with E-state index in [2.05, 4.69) is 54.5 Å². The Hall–Kier alpha value is -1.44. The fourth-order valence-corrected chi connectivity index (χ4v) is 3.26. The summed E-state index contributed by atoms with van der Waals surface area (Å²) >= 11 is 0. The van der Waals surface area contributed by atoms with E-state index in [1.54, 1.807) is 6.07 Å². The minimum Gasteiger partial charge on any atom is -0.252 e. The molecule has 0 aliphatic heterocycles. The molecular weight excluding hydrogens is 261 g/mol. The third kappa shape index (κ3) is 2.56. The van der Waals surface area contributed by atoms with Crippen LogP contribution < -0.4 is 0 Å². The van der Waals surface area contributed by atoms with Crippen LogP contribution in [0.1, 0.15) is 54.2 Å². The molecule has 2 rings (SSSR count). The zero-order chi connectivity index (χ0) is 16.1. The van der Waals surface area contributed by atoms with Gasteiger partial charge in [0, 0.05) is 22.6 Å². The van der Waals surface area contributed by atoms with Gasteiger partial charge in [0.2, 0.25) is 0 Å². The predicted molar refractivity (Wildman–Crippen MR) is 88.0 cm³/mol. The van der Waals surface area contributed by atoms with Gasteiger partial charge in [-0.1, -0.05) is 54.5 Å². The van der Waals surface area contributed by atoms with E-state index in [1.807, 2.05) is 6.07 Å². The van der Waals surface area contributed by atoms with Crippen molar-refractivity contribution in [3.8, 4) is 0 Å². The molecule has 2 aromatic rings. The van der Waals surface area contributed by atoms with E-state index in [1.165, 1.54) is 12.1 Å². The molecule has 1 nitrogen and oxygen atoms in total. The molecule has 1 heterocycles. The molecule has 0 amide bonds. The van der Waals surface area contributed by atoms with E-state index in [4.69, 9.17) is 4.98 Å². The Balaban J connectivity index is 2.72. The van der Waals surface area contributed by atoms with Gasteiger partial charge in [0.15, 0.2) is 0 Å². The highest BCUT2D eigenvalue weighted by Crippen LogP contribution is 2.52. The fraction of sp³-hybridized carbons (Fsp3) is 0.526. The second kappa shape index (κ2) is 4.79. The number of hydrogen-bond donors (Lipinski definition) is 0. The summed E-state index contributed by atoms with van der Waals surface area (Å²) in [7, 11) is 0. The molecule has 0 radical (unpaired) electrons. The Morgan fingerprint density at radius 3 is 1.86 bits per heavy atom. The van der Waals surface area contributed by atoms with Crippen molar-refractivity contribution in [2.24, 2.45) is 10.8 Å². The molecular formula is C19H26FN. The summed E-state index contributed by atoms with van der Waals surface area (Å²) < 4.78 is 13.5. The smallest absolute Gasteiger partial charge is 0.125 e. The number of pyridine rings is 1. The highest BCUT2D eigenvalue weighted by molar-refractivity contribution is 5.78. The average Bonchev–Trinajstić information content (AvgIpc) is 2.34. The Labute approximate surface area is 127 Å². The van der Waals surface area contributed by atoms with Gasteiger partial charge in [-0.15, -0.1) is 0 Å². The molecule has 114 valence electrons. The van der Waals surface area contributed by atoms with Crippen LogP contribution in [-0.4, -0.2) is 4.98 Å². The first kappa shape index (κ1) is 15.9. The fourth-order valence-electron chi connectivity index (χ4n) is 3.26. The lowest BCUT2D eigenvalue weighted by atomic mass is 9.53. The van der Waals surface area contributed by atoms with Gasteiger partial charge in [0.1, 0.15) is 5.82 Å². The normalized spacial score (nSPS) is 13.7. The molecule has 0 fully saturated rings. The quantitative estimate of drug-likeness (QED) is 0.653. The summed E-state index contributed by atoms with van der Waals surface area (Å²) in [5.74, 6) is -0.236. The van der Waals surface area contributed by atoms with E-state index in [-0.39, 0.29) is 22.1 Å². The maximum atomic E-state index is 13.5. The minimum absolute atomic E-state index is 0.0409. The van der Waals surface area contributed by atoms with Crippen molar-refractivity contribution in [1.29, 1.82) is 0 Å². The number of benzene rings is 1. The SMILES string of the molecule is CC(C)(C)C(C)(c1ccc2ccc(F)cc2n1)C(C)(C)C. The third-order valence-corrected chi connectivity index (χ3v) is 5.17. The standard InChI is InChI=1S/C19H26FN/c1-17(2,3)19(7,18(4,5)6)16-11-9-13-8-10-14(20)12-15(13)21-16/h8-12H,1-7H3. The van der Waals surface area contributed by atoms with E-state index in [0.29, 0.717) is 0 Å². The number of fused-ring (bicyclic) bond motifs is 1. The maximum Gasteiger partial charge on any atom is 0.125 e. The second-order valence-electron chi connectivity index (χ2n) is 8.16. The zero-order valence-electron chi connectivity index (χ0n) is 14.2. The highest BCUT2D eigenvalue weighted by atomic mass is 19.1. The molecule has 0 unspecified atom stereocenters. The summed E-state index contributed by atoms with van der Waals surface area (Å²) in [5, 5.41) is 0.977. The third-order valence-electron chi connectivity index (χ3n) is 5.17. The Morgan fingerprint density at radius 2 is 1.33 bits per heavy atom. The van der Waals surface area contributed by atoms with Gasteiger partial charge >= 0.3 is 0 Å². The lowest BCUT2D eigenvalue weighted by Crippen LogP contribution is -2.48. The number of rotatable bonds is 1. The molecule has 1 aromatic heterocycles. The lowest BCUT2D eigenvalue weighted by Gasteiger charge is -2.51. The molecule has 0 aliphatic carbocycles. The number of hydrogen-bond acceptors (Lipinski definition) is 1. The summed E-state index contributed by atoms with van der Waals surface area (Å²) in [4.78, 5) is 4.80. The molecule has 0 N–H and O–H groups in total. The summed E-state index contributed by atoms with van der Waals surface area (Å²) in [6, 6.07) is 8.93. The summed E-state index contributed by atoms with van der Waals surface area (Å²) in [5.41, 5.74) is 1.71. The first-order valence-electron chi connectivity index (χ1n) is 7.53. The minimum atomic E-state index is -0.236. The highest BCUT2D eigenvalue weighted by Gasteiger charge is 2.48. The van der Waals surface area contributed by atoms with Crippen LogP contribution in [0.15, 0.2) is 30.3 Å². The van der Waals surface area contributed by atoms with Gasteiger partial charge in [-0.05, 0) is 29.0 Å². The molecule has 0 saturated carbocycles. The number of aromatic nitrogens is 1. The lowest BCUT2D eigenvalue weighted by molar-refractivity contribution is 0.0656. The molecule has 2 heteroatoms. The van der Waals surface area contributed by atoms with Crippen LogP contribution >= 0.6 is 0 Å². The van der Waals surface area contributed by atoms with Gasteiger partial charge in [-0.2, -0.15) is 0 Å². The Bertz CT molecular complexity index is 645. The Kier molecular flexibility index (Phi) is 3.64. The first-order chi connectivity index (χ1) is 9.47. The predicted octanol–water partition coefficient (Wildman–Crippen LogP) is 5.72. The molecule has 0 spiro atoms. The van der Waals surface area contributed by atoms with Crippen molar-refractivity contribution in [2.45, 2.75) is 53.9 Å². The summed E-state index contributed by atoms with van der Waals surface area (Å²) in [6.07, 6.45) is 0. The van der Waals surface area contributed by atoms with E-state index < -0.39 is 0 Å². The number of halogens is 1. The van der Waals surface area contributed by atoms with Crippen molar-refractivity contribution in [3.63, 3.8) is 0 Å². The molecule has 0 aliphatic rings. The molecule has 0 bridgehead atoms. The summed E-state index contributed by atoms with van der Waals surface area (Å²) in [6.45, 7) is 15.7. The van der Waals surface area contributed by atoms with E-state index in [9.17, 15) is 4.39 Å². The van der Waals surface area contributed by atoms with Crippen LogP contribution in [-0.2, 0) is 5.41 Å². The second-order valence-corrected chi connectivity index (χ2v) is 8.16. The maximum absolute atomic E-state index is 13.5. The van der Waals surface area contributed by atoms with Crippen LogP contribution in [0, 0.1) is 16.6 Å². The molecule has 1 aromatic carbocycles. The van der Waals surface area contributed by atoms with Gasteiger partial charge in [0.05, 0.1) is 5.52 Å².